The highest BCUT2D eigenvalue weighted by Crippen LogP contribution is 2.33. The van der Waals surface area contributed by atoms with E-state index in [1.807, 2.05) is 6.07 Å². The van der Waals surface area contributed by atoms with Crippen LogP contribution >= 0.6 is 34.8 Å². The molecule has 0 aliphatic rings. The van der Waals surface area contributed by atoms with Crippen LogP contribution in [0.15, 0.2) is 30.3 Å². The van der Waals surface area contributed by atoms with Crippen LogP contribution in [0.25, 0.3) is 0 Å². The van der Waals surface area contributed by atoms with E-state index < -0.39 is 0 Å². The predicted octanol–water partition coefficient (Wildman–Crippen LogP) is 4.74. The van der Waals surface area contributed by atoms with Crippen molar-refractivity contribution in [2.75, 3.05) is 38.0 Å². The summed E-state index contributed by atoms with van der Waals surface area (Å²) in [6.45, 7) is 0.103. The minimum absolute atomic E-state index is 0.103. The summed E-state index contributed by atoms with van der Waals surface area (Å²) in [6, 6.07) is 8.40. The Morgan fingerprint density at radius 3 is 2.28 bits per heavy atom. The normalized spacial score (nSPS) is 10.3. The highest BCUT2D eigenvalue weighted by atomic mass is 35.5. The van der Waals surface area contributed by atoms with Crippen molar-refractivity contribution in [1.29, 1.82) is 0 Å². The van der Waals surface area contributed by atoms with Crippen molar-refractivity contribution in [3.63, 3.8) is 0 Å². The second-order valence-corrected chi connectivity index (χ2v) is 6.41. The van der Waals surface area contributed by atoms with E-state index in [0.29, 0.717) is 32.3 Å². The monoisotopic (exact) mass is 402 g/mol. The molecule has 5 nitrogen and oxygen atoms in total. The molecular formula is C17H17Cl3N2O3. The Balaban J connectivity index is 2.09. The maximum absolute atomic E-state index is 12.3. The van der Waals surface area contributed by atoms with Gasteiger partial charge in [-0.1, -0.05) is 34.8 Å². The number of nitrogens with one attached hydrogen (secondary N) is 1. The molecule has 0 bridgehead atoms. The average Bonchev–Trinajstić information content (AvgIpc) is 2.58. The molecule has 2 aromatic carbocycles. The van der Waals surface area contributed by atoms with Crippen molar-refractivity contribution >= 4 is 52.1 Å². The summed E-state index contributed by atoms with van der Waals surface area (Å²) in [4.78, 5) is 14.0. The third kappa shape index (κ3) is 4.84. The quantitative estimate of drug-likeness (QED) is 0.708. The van der Waals surface area contributed by atoms with Gasteiger partial charge in [-0.15, -0.1) is 0 Å². The van der Waals surface area contributed by atoms with E-state index in [1.54, 1.807) is 38.3 Å². The Labute approximate surface area is 161 Å². The number of nitrogens with zero attached hydrogens (tertiary/aromatic N) is 1. The number of hydrogen-bond donors (Lipinski definition) is 1. The second kappa shape index (κ2) is 8.52. The van der Waals surface area contributed by atoms with E-state index >= 15 is 0 Å². The number of likely N-dealkylation sites (N-methyl/N-ethyl adjacent to an activating group) is 1. The third-order valence-corrected chi connectivity index (χ3v) is 4.51. The zero-order valence-electron chi connectivity index (χ0n) is 13.9. The van der Waals surface area contributed by atoms with Crippen LogP contribution in [0.2, 0.25) is 15.1 Å². The smallest absolute Gasteiger partial charge is 0.243 e. The molecular weight excluding hydrogens is 387 g/mol. The van der Waals surface area contributed by atoms with Gasteiger partial charge in [-0.05, 0) is 24.3 Å². The number of methoxy groups -OCH3 is 2. The molecule has 0 aromatic heterocycles. The molecule has 0 saturated heterocycles. The van der Waals surface area contributed by atoms with Crippen LogP contribution in [0.5, 0.6) is 11.5 Å². The van der Waals surface area contributed by atoms with Gasteiger partial charge in [0.1, 0.15) is 0 Å². The molecule has 0 aliphatic carbocycles. The van der Waals surface area contributed by atoms with Crippen molar-refractivity contribution < 1.29 is 14.3 Å². The molecule has 0 aliphatic heterocycles. The maximum atomic E-state index is 12.3. The summed E-state index contributed by atoms with van der Waals surface area (Å²) in [7, 11) is 4.91. The summed E-state index contributed by atoms with van der Waals surface area (Å²) in [5.74, 6) is 0.948. The van der Waals surface area contributed by atoms with Gasteiger partial charge >= 0.3 is 0 Å². The molecule has 2 rings (SSSR count). The van der Waals surface area contributed by atoms with Gasteiger partial charge < -0.3 is 19.7 Å². The molecule has 8 heteroatoms. The van der Waals surface area contributed by atoms with Crippen LogP contribution in [-0.4, -0.2) is 33.7 Å². The predicted molar refractivity (Wildman–Crippen MR) is 103 cm³/mol. The maximum Gasteiger partial charge on any atom is 0.243 e. The third-order valence-electron chi connectivity index (χ3n) is 3.47. The van der Waals surface area contributed by atoms with Gasteiger partial charge in [-0.2, -0.15) is 0 Å². The van der Waals surface area contributed by atoms with Crippen molar-refractivity contribution in [2.24, 2.45) is 0 Å². The molecule has 0 atom stereocenters. The van der Waals surface area contributed by atoms with Crippen molar-refractivity contribution in [1.82, 2.24) is 0 Å². The Kier molecular flexibility index (Phi) is 6.64. The van der Waals surface area contributed by atoms with E-state index in [-0.39, 0.29) is 12.5 Å². The first-order valence-electron chi connectivity index (χ1n) is 7.23. The molecule has 2 aromatic rings. The summed E-state index contributed by atoms with van der Waals surface area (Å²) in [5.41, 5.74) is 1.20. The summed E-state index contributed by atoms with van der Waals surface area (Å²) in [6.07, 6.45) is 0. The lowest BCUT2D eigenvalue weighted by Gasteiger charge is -2.20. The standard InChI is InChI=1S/C17H17Cl3N2O3/c1-22(10-4-5-15(24-2)16(6-10)25-3)9-17(23)21-14-8-12(19)11(18)7-13(14)20/h4-8H,9H2,1-3H3,(H,21,23). The van der Waals surface area contributed by atoms with Crippen LogP contribution in [-0.2, 0) is 4.79 Å². The van der Waals surface area contributed by atoms with E-state index in [9.17, 15) is 4.79 Å². The first-order valence-corrected chi connectivity index (χ1v) is 8.36. The van der Waals surface area contributed by atoms with E-state index in [1.165, 1.54) is 12.1 Å². The van der Waals surface area contributed by atoms with Gasteiger partial charge in [0, 0.05) is 18.8 Å². The fourth-order valence-electron chi connectivity index (χ4n) is 2.18. The lowest BCUT2D eigenvalue weighted by molar-refractivity contribution is -0.114. The second-order valence-electron chi connectivity index (χ2n) is 5.19. The summed E-state index contributed by atoms with van der Waals surface area (Å²) >= 11 is 17.9. The molecule has 25 heavy (non-hydrogen) atoms. The van der Waals surface area contributed by atoms with Gasteiger partial charge in [0.2, 0.25) is 5.91 Å². The zero-order chi connectivity index (χ0) is 18.6. The van der Waals surface area contributed by atoms with Crippen molar-refractivity contribution in [3.8, 4) is 11.5 Å². The Bertz CT molecular complexity index is 784. The number of amides is 1. The topological polar surface area (TPSA) is 50.8 Å². The van der Waals surface area contributed by atoms with Crippen LogP contribution in [0.3, 0.4) is 0 Å². The number of rotatable bonds is 6. The molecule has 0 unspecified atom stereocenters. The largest absolute Gasteiger partial charge is 0.493 e. The summed E-state index contributed by atoms with van der Waals surface area (Å²) < 4.78 is 10.5. The Morgan fingerprint density at radius 1 is 1.00 bits per heavy atom. The van der Waals surface area contributed by atoms with Crippen LogP contribution in [0.1, 0.15) is 0 Å². The van der Waals surface area contributed by atoms with E-state index in [2.05, 4.69) is 5.32 Å². The average molecular weight is 404 g/mol. The fourth-order valence-corrected chi connectivity index (χ4v) is 2.77. The highest BCUT2D eigenvalue weighted by molar-refractivity contribution is 6.44. The Morgan fingerprint density at radius 2 is 1.64 bits per heavy atom. The molecule has 0 heterocycles. The Hall–Kier alpha value is -1.82. The molecule has 1 N–H and O–H groups in total. The van der Waals surface area contributed by atoms with Gasteiger partial charge in [-0.3, -0.25) is 4.79 Å². The SMILES string of the molecule is COc1ccc(N(C)CC(=O)Nc2cc(Cl)c(Cl)cc2Cl)cc1OC. The number of ether oxygens (including phenoxy) is 2. The zero-order valence-corrected chi connectivity index (χ0v) is 16.2. The van der Waals surface area contributed by atoms with E-state index in [0.717, 1.165) is 5.69 Å². The van der Waals surface area contributed by atoms with Gasteiger partial charge in [0.25, 0.3) is 0 Å². The van der Waals surface area contributed by atoms with Crippen molar-refractivity contribution in [2.45, 2.75) is 0 Å². The molecule has 1 amide bonds. The minimum atomic E-state index is -0.252. The lowest BCUT2D eigenvalue weighted by Crippen LogP contribution is -2.30. The molecule has 0 fully saturated rings. The van der Waals surface area contributed by atoms with Gasteiger partial charge in [-0.25, -0.2) is 0 Å². The number of benzene rings is 2. The first-order chi connectivity index (χ1) is 11.8. The summed E-state index contributed by atoms with van der Waals surface area (Å²) in [5, 5.41) is 3.68. The van der Waals surface area contributed by atoms with Crippen LogP contribution in [0.4, 0.5) is 11.4 Å². The number of anilines is 2. The van der Waals surface area contributed by atoms with Crippen molar-refractivity contribution in [3.05, 3.63) is 45.4 Å². The van der Waals surface area contributed by atoms with E-state index in [4.69, 9.17) is 44.3 Å². The molecule has 0 spiro atoms. The molecule has 134 valence electrons. The minimum Gasteiger partial charge on any atom is -0.493 e. The van der Waals surface area contributed by atoms with Gasteiger partial charge in [0.15, 0.2) is 11.5 Å². The lowest BCUT2D eigenvalue weighted by atomic mass is 10.2. The first kappa shape index (κ1) is 19.5. The number of carbonyl (C=O) groups is 1. The molecule has 0 saturated carbocycles. The highest BCUT2D eigenvalue weighted by Gasteiger charge is 2.13. The molecule has 0 radical (unpaired) electrons. The number of halogens is 3. The number of hydrogen-bond acceptors (Lipinski definition) is 4. The van der Waals surface area contributed by atoms with Crippen LogP contribution in [0, 0.1) is 0 Å². The number of carbonyl (C=O) groups excluding carboxylic acids is 1. The van der Waals surface area contributed by atoms with Gasteiger partial charge in [0.05, 0.1) is 41.5 Å². The fraction of sp³-hybridized carbons (Fsp3) is 0.235. The van der Waals surface area contributed by atoms with Crippen LogP contribution < -0.4 is 19.7 Å².